The Balaban J connectivity index is 1.28. The minimum Gasteiger partial charge on any atom is -0.486 e. The molecule has 35 heavy (non-hydrogen) atoms. The molecular weight excluding hydrogens is 454 g/mol. The Labute approximate surface area is 198 Å². The Hall–Kier alpha value is -4.53. The van der Waals surface area contributed by atoms with Crippen molar-refractivity contribution in [2.24, 2.45) is 0 Å². The molecule has 1 amide bonds. The van der Waals surface area contributed by atoms with E-state index in [0.29, 0.717) is 23.6 Å². The van der Waals surface area contributed by atoms with Gasteiger partial charge in [-0.15, -0.1) is 0 Å². The standard InChI is InChI=1S/C26H20F2N4O3/c1-16-22(15-34-24-10-9-19(27)11-23(24)28)25(31-35-16)26(33)30-20-12-29-32(14-20)13-18-7-4-6-17-5-2-3-8-21(17)18/h2-12,14H,13,15H2,1H3,(H,30,33). The minimum absolute atomic E-state index is 0.00632. The first-order valence-corrected chi connectivity index (χ1v) is 10.8. The predicted octanol–water partition coefficient (Wildman–Crippen LogP) is 5.49. The fraction of sp³-hybridized carbons (Fsp3) is 0.115. The molecule has 5 aromatic rings. The van der Waals surface area contributed by atoms with Gasteiger partial charge < -0.3 is 14.6 Å². The zero-order chi connectivity index (χ0) is 24.4. The van der Waals surface area contributed by atoms with Crippen LogP contribution in [0.2, 0.25) is 0 Å². The third kappa shape index (κ3) is 4.74. The van der Waals surface area contributed by atoms with Crippen molar-refractivity contribution < 1.29 is 22.8 Å². The van der Waals surface area contributed by atoms with Gasteiger partial charge in [0, 0.05) is 12.3 Å². The van der Waals surface area contributed by atoms with E-state index in [9.17, 15) is 13.6 Å². The van der Waals surface area contributed by atoms with Gasteiger partial charge in [-0.1, -0.05) is 47.6 Å². The van der Waals surface area contributed by atoms with Crippen LogP contribution in [0.5, 0.6) is 5.75 Å². The molecule has 2 heterocycles. The molecule has 0 aliphatic rings. The molecule has 1 N–H and O–H groups in total. The fourth-order valence-corrected chi connectivity index (χ4v) is 3.79. The van der Waals surface area contributed by atoms with Gasteiger partial charge in [-0.2, -0.15) is 5.10 Å². The number of carbonyl (C=O) groups excluding carboxylic acids is 1. The Morgan fingerprint density at radius 1 is 1.11 bits per heavy atom. The number of rotatable bonds is 7. The smallest absolute Gasteiger partial charge is 0.278 e. The summed E-state index contributed by atoms with van der Waals surface area (Å²) < 4.78 is 39.3. The van der Waals surface area contributed by atoms with E-state index in [0.717, 1.165) is 28.5 Å². The van der Waals surface area contributed by atoms with Gasteiger partial charge in [-0.25, -0.2) is 8.78 Å². The second-order valence-electron chi connectivity index (χ2n) is 7.95. The van der Waals surface area contributed by atoms with Crippen molar-refractivity contribution in [3.05, 3.63) is 107 Å². The third-order valence-electron chi connectivity index (χ3n) is 5.57. The lowest BCUT2D eigenvalue weighted by Crippen LogP contribution is -2.15. The van der Waals surface area contributed by atoms with Crippen molar-refractivity contribution in [2.45, 2.75) is 20.1 Å². The van der Waals surface area contributed by atoms with Crippen molar-refractivity contribution >= 4 is 22.4 Å². The fourth-order valence-electron chi connectivity index (χ4n) is 3.79. The Morgan fingerprint density at radius 2 is 1.94 bits per heavy atom. The van der Waals surface area contributed by atoms with Crippen LogP contribution in [0.1, 0.15) is 27.4 Å². The van der Waals surface area contributed by atoms with Gasteiger partial charge >= 0.3 is 0 Å². The maximum Gasteiger partial charge on any atom is 0.278 e. The number of anilines is 1. The Morgan fingerprint density at radius 3 is 2.80 bits per heavy atom. The highest BCUT2D eigenvalue weighted by Gasteiger charge is 2.21. The molecule has 7 nitrogen and oxygen atoms in total. The molecule has 0 bridgehead atoms. The Bertz CT molecular complexity index is 1520. The minimum atomic E-state index is -0.844. The molecule has 176 valence electrons. The molecule has 3 aromatic carbocycles. The summed E-state index contributed by atoms with van der Waals surface area (Å²) in [6, 6.07) is 17.2. The number of halogens is 2. The van der Waals surface area contributed by atoms with Crippen molar-refractivity contribution in [1.82, 2.24) is 14.9 Å². The average Bonchev–Trinajstić information content (AvgIpc) is 3.44. The van der Waals surface area contributed by atoms with Gasteiger partial charge in [-0.3, -0.25) is 9.48 Å². The average molecular weight is 474 g/mol. The van der Waals surface area contributed by atoms with Crippen LogP contribution in [0, 0.1) is 18.6 Å². The van der Waals surface area contributed by atoms with E-state index in [1.807, 2.05) is 24.3 Å². The lowest BCUT2D eigenvalue weighted by molar-refractivity contribution is 0.101. The maximum absolute atomic E-state index is 13.9. The number of aryl methyl sites for hydroxylation is 1. The van der Waals surface area contributed by atoms with Gasteiger partial charge in [0.1, 0.15) is 18.2 Å². The first-order valence-electron chi connectivity index (χ1n) is 10.8. The van der Waals surface area contributed by atoms with Crippen LogP contribution in [0.25, 0.3) is 10.8 Å². The van der Waals surface area contributed by atoms with Crippen LogP contribution in [-0.2, 0) is 13.2 Å². The lowest BCUT2D eigenvalue weighted by Gasteiger charge is -2.08. The second kappa shape index (κ2) is 9.38. The quantitative estimate of drug-likeness (QED) is 0.337. The first kappa shape index (κ1) is 22.3. The van der Waals surface area contributed by atoms with Crippen molar-refractivity contribution in [3.8, 4) is 5.75 Å². The maximum atomic E-state index is 13.9. The number of fused-ring (bicyclic) bond motifs is 1. The summed E-state index contributed by atoms with van der Waals surface area (Å²) in [6.07, 6.45) is 3.26. The molecule has 0 unspecified atom stereocenters. The highest BCUT2D eigenvalue weighted by Crippen LogP contribution is 2.23. The van der Waals surface area contributed by atoms with Crippen LogP contribution in [0.4, 0.5) is 14.5 Å². The van der Waals surface area contributed by atoms with Gasteiger partial charge in [0.2, 0.25) is 0 Å². The number of benzene rings is 3. The van der Waals surface area contributed by atoms with E-state index < -0.39 is 17.5 Å². The molecule has 0 saturated carbocycles. The summed E-state index contributed by atoms with van der Waals surface area (Å²) in [5.41, 5.74) is 1.94. The van der Waals surface area contributed by atoms with Crippen LogP contribution >= 0.6 is 0 Å². The predicted molar refractivity (Wildman–Crippen MR) is 125 cm³/mol. The number of aromatic nitrogens is 3. The summed E-state index contributed by atoms with van der Waals surface area (Å²) in [5, 5.41) is 13.2. The van der Waals surface area contributed by atoms with E-state index in [2.05, 4.69) is 33.8 Å². The van der Waals surface area contributed by atoms with Crippen molar-refractivity contribution in [2.75, 3.05) is 5.32 Å². The number of carbonyl (C=O) groups is 1. The zero-order valence-corrected chi connectivity index (χ0v) is 18.7. The number of amides is 1. The monoisotopic (exact) mass is 474 g/mol. The summed E-state index contributed by atoms with van der Waals surface area (Å²) in [7, 11) is 0. The largest absolute Gasteiger partial charge is 0.486 e. The molecular formula is C26H20F2N4O3. The highest BCUT2D eigenvalue weighted by molar-refractivity contribution is 6.03. The number of hydrogen-bond donors (Lipinski definition) is 1. The first-order chi connectivity index (χ1) is 17.0. The summed E-state index contributed by atoms with van der Waals surface area (Å²) in [4.78, 5) is 12.9. The molecule has 0 atom stereocenters. The van der Waals surface area contributed by atoms with E-state index in [-0.39, 0.29) is 18.1 Å². The molecule has 0 aliphatic carbocycles. The number of ether oxygens (including phenoxy) is 1. The van der Waals surface area contributed by atoms with Gasteiger partial charge in [0.25, 0.3) is 5.91 Å². The van der Waals surface area contributed by atoms with Gasteiger partial charge in [0.05, 0.1) is 24.0 Å². The lowest BCUT2D eigenvalue weighted by atomic mass is 10.0. The number of nitrogens with zero attached hydrogens (tertiary/aromatic N) is 3. The van der Waals surface area contributed by atoms with E-state index in [4.69, 9.17) is 9.26 Å². The summed E-state index contributed by atoms with van der Waals surface area (Å²) >= 11 is 0. The Kier molecular flexibility index (Phi) is 5.97. The zero-order valence-electron chi connectivity index (χ0n) is 18.7. The summed E-state index contributed by atoms with van der Waals surface area (Å²) in [5.74, 6) is -1.87. The summed E-state index contributed by atoms with van der Waals surface area (Å²) in [6.45, 7) is 1.97. The SMILES string of the molecule is Cc1onc(C(=O)Nc2cnn(Cc3cccc4ccccc34)c2)c1COc1ccc(F)cc1F. The number of hydrogen-bond acceptors (Lipinski definition) is 5. The molecule has 2 aromatic heterocycles. The van der Waals surface area contributed by atoms with Gasteiger partial charge in [-0.05, 0) is 35.4 Å². The highest BCUT2D eigenvalue weighted by atomic mass is 19.1. The second-order valence-corrected chi connectivity index (χ2v) is 7.95. The van der Waals surface area contributed by atoms with E-state index in [1.165, 1.54) is 6.07 Å². The normalized spacial score (nSPS) is 11.1. The third-order valence-corrected chi connectivity index (χ3v) is 5.57. The van der Waals surface area contributed by atoms with Crippen LogP contribution in [0.3, 0.4) is 0 Å². The molecule has 0 fully saturated rings. The molecule has 9 heteroatoms. The van der Waals surface area contributed by atoms with E-state index in [1.54, 1.807) is 24.0 Å². The van der Waals surface area contributed by atoms with Crippen LogP contribution in [-0.4, -0.2) is 20.8 Å². The number of nitrogens with one attached hydrogen (secondary N) is 1. The molecule has 5 rings (SSSR count). The molecule has 0 aliphatic heterocycles. The van der Waals surface area contributed by atoms with Gasteiger partial charge in [0.15, 0.2) is 17.3 Å². The van der Waals surface area contributed by atoms with Crippen molar-refractivity contribution in [3.63, 3.8) is 0 Å². The molecule has 0 saturated heterocycles. The molecule has 0 spiro atoms. The van der Waals surface area contributed by atoms with Crippen molar-refractivity contribution in [1.29, 1.82) is 0 Å². The van der Waals surface area contributed by atoms with Crippen LogP contribution in [0.15, 0.2) is 77.6 Å². The topological polar surface area (TPSA) is 82.2 Å². The molecule has 0 radical (unpaired) electrons. The van der Waals surface area contributed by atoms with E-state index >= 15 is 0 Å². The van der Waals surface area contributed by atoms with Crippen LogP contribution < -0.4 is 10.1 Å².